The number of aromatic nitrogens is 4. The van der Waals surface area contributed by atoms with Gasteiger partial charge in [-0.15, -0.1) is 0 Å². The predicted molar refractivity (Wildman–Crippen MR) is 324 cm³/mol. The number of nitrogens with two attached hydrogens (primary N) is 1. The van der Waals surface area contributed by atoms with Crippen molar-refractivity contribution >= 4 is 53.4 Å². The van der Waals surface area contributed by atoms with E-state index in [2.05, 4.69) is 24.7 Å². The summed E-state index contributed by atoms with van der Waals surface area (Å²) >= 11 is 0. The van der Waals surface area contributed by atoms with E-state index >= 15 is 0 Å². The minimum Gasteiger partial charge on any atom is -1.00 e. The Bertz CT molecular complexity index is 3800. The van der Waals surface area contributed by atoms with Crippen LogP contribution in [-0.4, -0.2) is 108 Å². The molecule has 0 radical (unpaired) electrons. The molecule has 87 heavy (non-hydrogen) atoms. The van der Waals surface area contributed by atoms with Crippen molar-refractivity contribution in [1.29, 1.82) is 0 Å². The summed E-state index contributed by atoms with van der Waals surface area (Å²) in [5.74, 6) is -1.28. The molecule has 6 aromatic rings. The zero-order valence-electron chi connectivity index (χ0n) is 51.1. The molecule has 2 fully saturated rings. The fraction of sp³-hybridized carbons (Fsp3) is 0.492. The molecule has 4 aromatic heterocycles. The normalized spacial score (nSPS) is 14.8. The van der Waals surface area contributed by atoms with E-state index in [9.17, 15) is 54.6 Å². The largest absolute Gasteiger partial charge is 1.00 e. The monoisotopic (exact) mass is 1270 g/mol. The zero-order chi connectivity index (χ0) is 62.5. The van der Waals surface area contributed by atoms with Gasteiger partial charge in [0.2, 0.25) is 11.8 Å². The number of aromatic hydroxyl groups is 2. The summed E-state index contributed by atoms with van der Waals surface area (Å²) < 4.78 is 101. The minimum absolute atomic E-state index is 0. The molecule has 24 nitrogen and oxygen atoms in total. The first kappa shape index (κ1) is 69.8. The van der Waals surface area contributed by atoms with Crippen LogP contribution in [0.1, 0.15) is 163 Å². The second-order valence-corrected chi connectivity index (χ2v) is 27.1. The summed E-state index contributed by atoms with van der Waals surface area (Å²) in [6, 6.07) is 16.7. The Morgan fingerprint density at radius 1 is 0.713 bits per heavy atom. The molecular formula is C59H80N9NaO15S3. The number of rotatable bonds is 31. The molecule has 0 saturated heterocycles. The van der Waals surface area contributed by atoms with Gasteiger partial charge in [0.1, 0.15) is 23.0 Å². The molecule has 2 aliphatic rings. The number of unbranched alkanes of at least 4 members (excludes halogenated alkanes) is 3. The number of aryl methyl sites for hydroxylation is 2. The summed E-state index contributed by atoms with van der Waals surface area (Å²) in [7, 11) is -7.08. The van der Waals surface area contributed by atoms with Gasteiger partial charge in [-0.2, -0.15) is 25.3 Å². The maximum Gasteiger partial charge on any atom is 1.00 e. The SMILES string of the molecule is CCC(CCN)c1cc(O)c(C(c2cccc(NS(=O)(=O)c3cn(C)cn3)c2)C2CC2)c(=O)o1.CCC(CCNC(=O)CCCCCCC(=O)N(C)CCS(=O)(=O)O)c1cc(O)c(C(c2cccc(NS(=O)(=O)c3cn(C)cn3)c2)C2CC2)c(=O)o1.[H-].[Na+]. The number of imidazole rings is 2. The molecule has 2 amide bonds. The molecule has 470 valence electrons. The van der Waals surface area contributed by atoms with Gasteiger partial charge in [0.15, 0.2) is 10.1 Å². The van der Waals surface area contributed by atoms with Crippen molar-refractivity contribution in [2.45, 2.75) is 137 Å². The van der Waals surface area contributed by atoms with Crippen LogP contribution in [0.5, 0.6) is 11.5 Å². The molecular weight excluding hydrogens is 1190 g/mol. The Morgan fingerprint density at radius 3 is 1.55 bits per heavy atom. The fourth-order valence-electron chi connectivity index (χ4n) is 10.5. The number of carbonyl (C=O) groups is 2. The second kappa shape index (κ2) is 31.2. The molecule has 2 aliphatic carbocycles. The van der Waals surface area contributed by atoms with Crippen molar-refractivity contribution in [1.82, 2.24) is 29.3 Å². The Balaban J connectivity index is 0.000000339. The zero-order valence-corrected chi connectivity index (χ0v) is 54.5. The molecule has 0 spiro atoms. The van der Waals surface area contributed by atoms with Gasteiger partial charge in [0, 0.05) is 107 Å². The number of sulfonamides is 2. The van der Waals surface area contributed by atoms with Crippen LogP contribution in [0.25, 0.3) is 0 Å². The van der Waals surface area contributed by atoms with Gasteiger partial charge >= 0.3 is 40.8 Å². The van der Waals surface area contributed by atoms with Gasteiger partial charge in [-0.3, -0.25) is 23.6 Å². The van der Waals surface area contributed by atoms with Crippen molar-refractivity contribution in [2.24, 2.45) is 31.7 Å². The quantitative estimate of drug-likeness (QED) is 0.0179. The van der Waals surface area contributed by atoms with Gasteiger partial charge < -0.3 is 45.6 Å². The summed E-state index contributed by atoms with van der Waals surface area (Å²) in [5, 5.41) is 24.8. The molecule has 0 bridgehead atoms. The third-order valence-electron chi connectivity index (χ3n) is 15.5. The Morgan fingerprint density at radius 2 is 1.16 bits per heavy atom. The average molecular weight is 1270 g/mol. The number of nitrogens with one attached hydrogen (secondary N) is 3. The van der Waals surface area contributed by atoms with Crippen LogP contribution in [0.15, 0.2) is 114 Å². The van der Waals surface area contributed by atoms with E-state index in [1.54, 1.807) is 61.1 Å². The van der Waals surface area contributed by atoms with Gasteiger partial charge in [0.25, 0.3) is 30.2 Å². The number of amides is 2. The summed E-state index contributed by atoms with van der Waals surface area (Å²) in [5.41, 5.74) is 6.85. The van der Waals surface area contributed by atoms with Crippen LogP contribution in [0.2, 0.25) is 0 Å². The number of carbonyl (C=O) groups excluding carboxylic acids is 2. The maximum absolute atomic E-state index is 13.5. The summed E-state index contributed by atoms with van der Waals surface area (Å²) in [4.78, 5) is 60.2. The van der Waals surface area contributed by atoms with E-state index in [0.717, 1.165) is 50.5 Å². The third-order valence-corrected chi connectivity index (χ3v) is 18.7. The Hall–Kier alpha value is -6.33. The first-order valence-electron chi connectivity index (χ1n) is 28.9. The van der Waals surface area contributed by atoms with Crippen molar-refractivity contribution in [3.8, 4) is 11.5 Å². The third kappa shape index (κ3) is 19.8. The van der Waals surface area contributed by atoms with Crippen LogP contribution in [0.3, 0.4) is 0 Å². The molecule has 0 aliphatic heterocycles. The van der Waals surface area contributed by atoms with Crippen LogP contribution < -0.4 is 61.3 Å². The molecule has 4 atom stereocenters. The topological polar surface area (TPSA) is 359 Å². The summed E-state index contributed by atoms with van der Waals surface area (Å²) in [6.07, 6.45) is 14.9. The molecule has 4 heterocycles. The van der Waals surface area contributed by atoms with Crippen molar-refractivity contribution in [2.75, 3.05) is 41.9 Å². The molecule has 2 saturated carbocycles. The first-order chi connectivity index (χ1) is 40.8. The number of hydrogen-bond donors (Lipinski definition) is 7. The molecule has 4 unspecified atom stereocenters. The van der Waals surface area contributed by atoms with Crippen LogP contribution in [0.4, 0.5) is 11.4 Å². The maximum atomic E-state index is 13.5. The number of anilines is 2. The molecule has 2 aromatic carbocycles. The van der Waals surface area contributed by atoms with Gasteiger partial charge in [-0.25, -0.2) is 19.6 Å². The first-order valence-corrected chi connectivity index (χ1v) is 33.5. The Labute approximate surface area is 531 Å². The van der Waals surface area contributed by atoms with Gasteiger partial charge in [-0.05, 0) is 118 Å². The van der Waals surface area contributed by atoms with E-state index in [1.807, 2.05) is 19.9 Å². The van der Waals surface area contributed by atoms with E-state index in [1.165, 1.54) is 53.7 Å². The van der Waals surface area contributed by atoms with Crippen LogP contribution in [0, 0.1) is 11.8 Å². The van der Waals surface area contributed by atoms with Crippen molar-refractivity contribution < 1.29 is 89.4 Å². The standard InChI is InChI=1S/C35H49N5O10S2.C24H30N4O5S.Na.H/c1-4-24(16-17-36-30(42)12-7-5-6-8-13-32(43)40(3)18-19-51(45,46)47)29-21-28(41)34(35(44)50-29)33(25-14-15-25)26-10-9-11-27(20-26)38-52(48,49)31-22-39(2)23-37-31;1-3-15(9-10-25)20-12-19(29)23(24(30)33-20)22(16-7-8-16)17-5-4-6-18(11-17)27-34(31,32)21-13-28(2)14-26-21;;/h9-11,20-25,33,38,41H,4-8,12-19H2,1-3H3,(H,36,42)(H,45,46,47);4-6,11-16,22,27,29H,3,7-10,25H2,1-2H3;;/q;;+1;-1. The van der Waals surface area contributed by atoms with Crippen molar-refractivity contribution in [3.05, 3.63) is 140 Å². The van der Waals surface area contributed by atoms with E-state index in [0.29, 0.717) is 80.1 Å². The predicted octanol–water partition coefficient (Wildman–Crippen LogP) is 4.49. The average Bonchev–Trinajstić information content (AvgIpc) is 2.91. The molecule has 28 heteroatoms. The van der Waals surface area contributed by atoms with E-state index < -0.39 is 59.0 Å². The van der Waals surface area contributed by atoms with E-state index in [4.69, 9.17) is 19.1 Å². The van der Waals surface area contributed by atoms with E-state index in [-0.39, 0.29) is 112 Å². The summed E-state index contributed by atoms with van der Waals surface area (Å²) in [6.45, 7) is 4.64. The van der Waals surface area contributed by atoms with Gasteiger partial charge in [0.05, 0.1) is 29.5 Å². The van der Waals surface area contributed by atoms with Gasteiger partial charge in [-0.1, -0.05) is 51.0 Å². The second-order valence-electron chi connectivity index (χ2n) is 22.3. The number of nitrogens with zero attached hydrogens (tertiary/aromatic N) is 5. The number of benzene rings is 2. The van der Waals surface area contributed by atoms with Crippen LogP contribution in [-0.2, 0) is 53.8 Å². The van der Waals surface area contributed by atoms with Crippen LogP contribution >= 0.6 is 0 Å². The minimum atomic E-state index is -4.13. The Kier molecular flexibility index (Phi) is 25.0. The van der Waals surface area contributed by atoms with Crippen molar-refractivity contribution in [3.63, 3.8) is 0 Å². The molecule has 8 rings (SSSR count). The fourth-order valence-corrected chi connectivity index (χ4v) is 13.1. The number of hydrogen-bond acceptors (Lipinski definition) is 17. The smallest absolute Gasteiger partial charge is 1.00 e. The molecule has 8 N–H and O–H groups in total.